The Kier molecular flexibility index (Phi) is 2.14. The maximum atomic E-state index is 4.33. The summed E-state index contributed by atoms with van der Waals surface area (Å²) < 4.78 is 2.04. The van der Waals surface area contributed by atoms with Crippen LogP contribution in [0.2, 0.25) is 0 Å². The van der Waals surface area contributed by atoms with Crippen LogP contribution in [0.15, 0.2) is 41.3 Å². The van der Waals surface area contributed by atoms with Crippen LogP contribution in [0.25, 0.3) is 17.0 Å². The normalized spacial score (nSPS) is 10.8. The minimum absolute atomic E-state index is 0.442. The van der Waals surface area contributed by atoms with E-state index in [-0.39, 0.29) is 0 Å². The first-order chi connectivity index (χ1) is 7.83. The molecule has 0 spiro atoms. The Balaban J connectivity index is 2.19. The van der Waals surface area contributed by atoms with E-state index in [4.69, 9.17) is 0 Å². The van der Waals surface area contributed by atoms with Crippen molar-refractivity contribution in [3.05, 3.63) is 41.3 Å². The van der Waals surface area contributed by atoms with Gasteiger partial charge >= 0.3 is 0 Å². The van der Waals surface area contributed by atoms with Crippen LogP contribution in [0.1, 0.15) is 0 Å². The lowest BCUT2D eigenvalue weighted by atomic mass is 10.2. The molecular weight excluding hydrogens is 270 g/mol. The Morgan fingerprint density at radius 2 is 1.88 bits per heavy atom. The molecule has 0 unspecified atom stereocenters. The molecule has 16 heavy (non-hydrogen) atoms. The maximum absolute atomic E-state index is 4.33. The highest BCUT2D eigenvalue weighted by atomic mass is 79.9. The summed E-state index contributed by atoms with van der Waals surface area (Å²) in [4.78, 5) is 4.33. The topological polar surface area (TPSA) is 56.0 Å². The van der Waals surface area contributed by atoms with Crippen molar-refractivity contribution in [3.63, 3.8) is 0 Å². The van der Waals surface area contributed by atoms with E-state index in [1.165, 1.54) is 0 Å². The molecule has 0 saturated carbocycles. The smallest absolute Gasteiger partial charge is 0.208 e. The molecule has 0 saturated heterocycles. The third-order valence-corrected chi connectivity index (χ3v) is 2.47. The van der Waals surface area contributed by atoms with Gasteiger partial charge in [-0.2, -0.15) is 4.52 Å². The fraction of sp³-hybridized carbons (Fsp3) is 0. The Morgan fingerprint density at radius 3 is 2.69 bits per heavy atom. The number of nitrogens with zero attached hydrogens (tertiary/aromatic N) is 5. The summed E-state index contributed by atoms with van der Waals surface area (Å²) in [6.45, 7) is 0. The van der Waals surface area contributed by atoms with Crippen molar-refractivity contribution in [2.45, 2.75) is 0 Å². The molecule has 6 heteroatoms. The van der Waals surface area contributed by atoms with Crippen LogP contribution in [-0.4, -0.2) is 24.8 Å². The molecule has 0 fully saturated rings. The quantitative estimate of drug-likeness (QED) is 0.681. The zero-order valence-electron chi connectivity index (χ0n) is 8.08. The molecule has 78 valence electrons. The zero-order valence-corrected chi connectivity index (χ0v) is 9.66. The lowest BCUT2D eigenvalue weighted by Gasteiger charge is -1.92. The summed E-state index contributed by atoms with van der Waals surface area (Å²) in [7, 11) is 0. The third kappa shape index (κ3) is 1.57. The summed E-state index contributed by atoms with van der Waals surface area (Å²) in [5.41, 5.74) is 1.87. The van der Waals surface area contributed by atoms with Gasteiger partial charge in [0.25, 0.3) is 5.78 Å². The first-order valence-corrected chi connectivity index (χ1v) is 5.43. The number of benzene rings is 1. The van der Waals surface area contributed by atoms with Crippen molar-refractivity contribution in [1.82, 2.24) is 24.8 Å². The SMILES string of the molecule is Brc1nnc2nc(-c3ccccc3)cn2n1. The molecule has 2 aromatic heterocycles. The van der Waals surface area contributed by atoms with Gasteiger partial charge in [-0.25, -0.2) is 4.98 Å². The van der Waals surface area contributed by atoms with Gasteiger partial charge in [0.15, 0.2) is 0 Å². The Morgan fingerprint density at radius 1 is 1.06 bits per heavy atom. The molecule has 3 rings (SSSR count). The van der Waals surface area contributed by atoms with E-state index in [2.05, 4.69) is 36.2 Å². The highest BCUT2D eigenvalue weighted by Crippen LogP contribution is 2.17. The molecular formula is C10H6BrN5. The van der Waals surface area contributed by atoms with Crippen LogP contribution in [0.4, 0.5) is 0 Å². The first-order valence-electron chi connectivity index (χ1n) is 4.64. The van der Waals surface area contributed by atoms with Gasteiger partial charge < -0.3 is 0 Å². The van der Waals surface area contributed by atoms with Gasteiger partial charge in [0.05, 0.1) is 11.9 Å². The van der Waals surface area contributed by atoms with E-state index < -0.39 is 0 Å². The van der Waals surface area contributed by atoms with Crippen LogP contribution >= 0.6 is 15.9 Å². The number of hydrogen-bond donors (Lipinski definition) is 0. The fourth-order valence-corrected chi connectivity index (χ4v) is 1.70. The molecule has 0 aliphatic heterocycles. The fourth-order valence-electron chi connectivity index (χ4n) is 1.45. The second kappa shape index (κ2) is 3.64. The molecule has 5 nitrogen and oxygen atoms in total. The van der Waals surface area contributed by atoms with Gasteiger partial charge in [-0.1, -0.05) is 30.3 Å². The lowest BCUT2D eigenvalue weighted by Crippen LogP contribution is -1.96. The average Bonchev–Trinajstić information content (AvgIpc) is 2.73. The van der Waals surface area contributed by atoms with Gasteiger partial charge in [0, 0.05) is 5.56 Å². The molecule has 0 radical (unpaired) electrons. The molecule has 1 aromatic carbocycles. The highest BCUT2D eigenvalue weighted by molar-refractivity contribution is 9.10. The number of halogens is 1. The van der Waals surface area contributed by atoms with Gasteiger partial charge in [0.1, 0.15) is 0 Å². The summed E-state index contributed by atoms with van der Waals surface area (Å²) in [5, 5.41) is 11.8. The number of rotatable bonds is 1. The van der Waals surface area contributed by atoms with Crippen LogP contribution in [0.3, 0.4) is 0 Å². The second-order valence-corrected chi connectivity index (χ2v) is 3.92. The lowest BCUT2D eigenvalue weighted by molar-refractivity contribution is 0.798. The maximum Gasteiger partial charge on any atom is 0.270 e. The van der Waals surface area contributed by atoms with Crippen molar-refractivity contribution in [3.8, 4) is 11.3 Å². The molecule has 2 heterocycles. The summed E-state index contributed by atoms with van der Waals surface area (Å²) in [5.74, 6) is 0.488. The van der Waals surface area contributed by atoms with Gasteiger partial charge in [0.2, 0.25) is 4.73 Å². The minimum Gasteiger partial charge on any atom is -0.208 e. The third-order valence-electron chi connectivity index (χ3n) is 2.15. The Labute approximate surface area is 99.3 Å². The van der Waals surface area contributed by atoms with Gasteiger partial charge in [-0.05, 0) is 15.9 Å². The van der Waals surface area contributed by atoms with Crippen molar-refractivity contribution < 1.29 is 0 Å². The first kappa shape index (κ1) is 9.41. The number of fused-ring (bicyclic) bond motifs is 1. The number of aromatic nitrogens is 5. The number of imidazole rings is 1. The van der Waals surface area contributed by atoms with Crippen LogP contribution in [0, 0.1) is 0 Å². The van der Waals surface area contributed by atoms with Crippen LogP contribution in [0.5, 0.6) is 0 Å². The second-order valence-electron chi connectivity index (χ2n) is 3.21. The van der Waals surface area contributed by atoms with Crippen LogP contribution in [-0.2, 0) is 0 Å². The molecule has 0 bridgehead atoms. The largest absolute Gasteiger partial charge is 0.270 e. The standard InChI is InChI=1S/C10H6BrN5/c11-9-13-14-10-12-8(6-16(10)15-9)7-4-2-1-3-5-7/h1-6H. The van der Waals surface area contributed by atoms with E-state index in [1.807, 2.05) is 36.5 Å². The van der Waals surface area contributed by atoms with Crippen molar-refractivity contribution in [2.75, 3.05) is 0 Å². The zero-order chi connectivity index (χ0) is 11.0. The highest BCUT2D eigenvalue weighted by Gasteiger charge is 2.06. The van der Waals surface area contributed by atoms with E-state index in [1.54, 1.807) is 4.52 Å². The summed E-state index contributed by atoms with van der Waals surface area (Å²) >= 11 is 3.16. The number of hydrogen-bond acceptors (Lipinski definition) is 4. The van der Waals surface area contributed by atoms with Crippen LogP contribution < -0.4 is 0 Å². The van der Waals surface area contributed by atoms with Crippen molar-refractivity contribution in [2.24, 2.45) is 0 Å². The molecule has 0 amide bonds. The average molecular weight is 276 g/mol. The van der Waals surface area contributed by atoms with E-state index in [0.717, 1.165) is 11.3 Å². The summed E-state index contributed by atoms with van der Waals surface area (Å²) in [6.07, 6.45) is 1.82. The van der Waals surface area contributed by atoms with Crippen molar-refractivity contribution >= 4 is 21.7 Å². The van der Waals surface area contributed by atoms with Crippen molar-refractivity contribution in [1.29, 1.82) is 0 Å². The minimum atomic E-state index is 0.442. The monoisotopic (exact) mass is 275 g/mol. The Hall–Kier alpha value is -1.82. The molecule has 0 N–H and O–H groups in total. The molecule has 0 atom stereocenters. The van der Waals surface area contributed by atoms with Gasteiger partial charge in [-0.3, -0.25) is 0 Å². The Bertz CT molecular complexity index is 634. The predicted octanol–water partition coefficient (Wildman–Crippen LogP) is 1.95. The molecule has 0 aliphatic rings. The summed E-state index contributed by atoms with van der Waals surface area (Å²) in [6, 6.07) is 9.88. The van der Waals surface area contributed by atoms with Gasteiger partial charge in [-0.15, -0.1) is 15.3 Å². The molecule has 3 aromatic rings. The van der Waals surface area contributed by atoms with E-state index in [9.17, 15) is 0 Å². The van der Waals surface area contributed by atoms with E-state index >= 15 is 0 Å². The van der Waals surface area contributed by atoms with E-state index in [0.29, 0.717) is 10.5 Å². The molecule has 0 aliphatic carbocycles. The predicted molar refractivity (Wildman–Crippen MR) is 61.7 cm³/mol.